The van der Waals surface area contributed by atoms with E-state index in [1.54, 1.807) is 0 Å². The van der Waals surface area contributed by atoms with Crippen molar-refractivity contribution in [2.45, 2.75) is 64.0 Å². The fraction of sp³-hybridized carbons (Fsp3) is 0.625. The summed E-state index contributed by atoms with van der Waals surface area (Å²) >= 11 is 7.28. The van der Waals surface area contributed by atoms with E-state index < -0.39 is 0 Å². The molecule has 20 heavy (non-hydrogen) atoms. The number of rotatable bonds is 5. The number of halogens is 2. The first-order valence-electron chi connectivity index (χ1n) is 7.50. The smallest absolute Gasteiger partial charge is 0.148 e. The van der Waals surface area contributed by atoms with Gasteiger partial charge in [-0.2, -0.15) is 0 Å². The van der Waals surface area contributed by atoms with E-state index in [2.05, 4.69) is 50.9 Å². The van der Waals surface area contributed by atoms with Gasteiger partial charge in [-0.3, -0.25) is 0 Å². The molecule has 0 aliphatic heterocycles. The summed E-state index contributed by atoms with van der Waals surface area (Å²) in [5.74, 6) is 0.936. The van der Waals surface area contributed by atoms with Crippen LogP contribution < -0.4 is 10.5 Å². The number of nitrogens with two attached hydrogens (primary N) is 1. The van der Waals surface area contributed by atoms with Gasteiger partial charge in [-0.1, -0.05) is 13.3 Å². The van der Waals surface area contributed by atoms with Crippen molar-refractivity contribution in [2.24, 2.45) is 5.73 Å². The molecular formula is C16H23Br2NO. The zero-order valence-electron chi connectivity index (χ0n) is 12.0. The molecule has 1 saturated carbocycles. The molecule has 4 heteroatoms. The van der Waals surface area contributed by atoms with Gasteiger partial charge in [-0.05, 0) is 88.1 Å². The second-order valence-electron chi connectivity index (χ2n) is 5.64. The van der Waals surface area contributed by atoms with E-state index in [-0.39, 0.29) is 6.04 Å². The summed E-state index contributed by atoms with van der Waals surface area (Å²) in [4.78, 5) is 0. The summed E-state index contributed by atoms with van der Waals surface area (Å²) in [7, 11) is 0. The summed E-state index contributed by atoms with van der Waals surface area (Å²) < 4.78 is 8.23. The molecule has 2 N–H and O–H groups in total. The molecule has 0 bridgehead atoms. The van der Waals surface area contributed by atoms with E-state index in [9.17, 15) is 0 Å². The largest absolute Gasteiger partial charge is 0.488 e. The predicted octanol–water partition coefficient (Wildman–Crippen LogP) is 5.20. The van der Waals surface area contributed by atoms with Crippen LogP contribution in [0.4, 0.5) is 0 Å². The van der Waals surface area contributed by atoms with Crippen LogP contribution in [-0.2, 0) is 6.42 Å². The molecule has 2 rings (SSSR count). The average molecular weight is 405 g/mol. The van der Waals surface area contributed by atoms with Crippen molar-refractivity contribution in [1.29, 1.82) is 0 Å². The van der Waals surface area contributed by atoms with Crippen LogP contribution in [0.1, 0.15) is 51.0 Å². The van der Waals surface area contributed by atoms with E-state index >= 15 is 0 Å². The maximum Gasteiger partial charge on any atom is 0.148 e. The molecule has 0 aromatic heterocycles. The fourth-order valence-electron chi connectivity index (χ4n) is 2.64. The van der Waals surface area contributed by atoms with Gasteiger partial charge in [0.1, 0.15) is 5.75 Å². The molecule has 112 valence electrons. The standard InChI is InChI=1S/C16H23Br2NO/c1-2-12(19)8-11-9-14(17)16(15(18)10-11)20-13-6-4-3-5-7-13/h9-10,12-13H,2-8,19H2,1H3. The Kier molecular flexibility index (Phi) is 6.37. The fourth-order valence-corrected chi connectivity index (χ4v) is 4.11. The van der Waals surface area contributed by atoms with Crippen LogP contribution in [0.3, 0.4) is 0 Å². The first-order valence-corrected chi connectivity index (χ1v) is 9.09. The van der Waals surface area contributed by atoms with E-state index in [1.807, 2.05) is 0 Å². The molecule has 1 fully saturated rings. The van der Waals surface area contributed by atoms with Gasteiger partial charge in [-0.15, -0.1) is 0 Å². The lowest BCUT2D eigenvalue weighted by Gasteiger charge is -2.24. The van der Waals surface area contributed by atoms with E-state index in [1.165, 1.54) is 37.7 Å². The highest BCUT2D eigenvalue weighted by molar-refractivity contribution is 9.11. The molecule has 0 amide bonds. The molecule has 0 radical (unpaired) electrons. The maximum absolute atomic E-state index is 6.18. The van der Waals surface area contributed by atoms with Gasteiger partial charge in [0.25, 0.3) is 0 Å². The third-order valence-electron chi connectivity index (χ3n) is 3.92. The SMILES string of the molecule is CCC(N)Cc1cc(Br)c(OC2CCCCC2)c(Br)c1. The van der Waals surface area contributed by atoms with Crippen molar-refractivity contribution in [3.63, 3.8) is 0 Å². The monoisotopic (exact) mass is 403 g/mol. The topological polar surface area (TPSA) is 35.2 Å². The van der Waals surface area contributed by atoms with Crippen LogP contribution in [0.15, 0.2) is 21.1 Å². The van der Waals surface area contributed by atoms with Crippen LogP contribution in [0.25, 0.3) is 0 Å². The van der Waals surface area contributed by atoms with Crippen LogP contribution in [0.5, 0.6) is 5.75 Å². The summed E-state index contributed by atoms with van der Waals surface area (Å²) in [5, 5.41) is 0. The molecule has 2 nitrogen and oxygen atoms in total. The van der Waals surface area contributed by atoms with Crippen molar-refractivity contribution in [3.8, 4) is 5.75 Å². The number of hydrogen-bond acceptors (Lipinski definition) is 2. The van der Waals surface area contributed by atoms with Gasteiger partial charge in [0.2, 0.25) is 0 Å². The Morgan fingerprint density at radius 3 is 2.35 bits per heavy atom. The molecule has 0 saturated heterocycles. The molecule has 1 unspecified atom stereocenters. The van der Waals surface area contributed by atoms with Crippen molar-refractivity contribution >= 4 is 31.9 Å². The summed E-state index contributed by atoms with van der Waals surface area (Å²) in [5.41, 5.74) is 7.28. The Morgan fingerprint density at radius 1 is 1.20 bits per heavy atom. The van der Waals surface area contributed by atoms with Crippen molar-refractivity contribution in [2.75, 3.05) is 0 Å². The van der Waals surface area contributed by atoms with Gasteiger partial charge >= 0.3 is 0 Å². The number of ether oxygens (including phenoxy) is 1. The first kappa shape index (κ1) is 16.3. The van der Waals surface area contributed by atoms with Crippen LogP contribution in [0.2, 0.25) is 0 Å². The van der Waals surface area contributed by atoms with Gasteiger partial charge < -0.3 is 10.5 Å². The van der Waals surface area contributed by atoms with Crippen LogP contribution in [-0.4, -0.2) is 12.1 Å². The van der Waals surface area contributed by atoms with Crippen molar-refractivity contribution in [1.82, 2.24) is 0 Å². The van der Waals surface area contributed by atoms with Crippen molar-refractivity contribution in [3.05, 3.63) is 26.6 Å². The Balaban J connectivity index is 2.09. The molecule has 1 aliphatic rings. The first-order chi connectivity index (χ1) is 9.60. The molecule has 1 aliphatic carbocycles. The number of hydrogen-bond donors (Lipinski definition) is 1. The van der Waals surface area contributed by atoms with Crippen LogP contribution >= 0.6 is 31.9 Å². The van der Waals surface area contributed by atoms with E-state index in [4.69, 9.17) is 10.5 Å². The maximum atomic E-state index is 6.18. The highest BCUT2D eigenvalue weighted by Crippen LogP contribution is 2.37. The minimum atomic E-state index is 0.221. The normalized spacial score (nSPS) is 18.0. The average Bonchev–Trinajstić information content (AvgIpc) is 2.44. The van der Waals surface area contributed by atoms with Crippen molar-refractivity contribution < 1.29 is 4.74 Å². The molecule has 1 aromatic rings. The second kappa shape index (κ2) is 7.81. The van der Waals surface area contributed by atoms with Gasteiger partial charge in [0.05, 0.1) is 15.0 Å². The summed E-state index contributed by atoms with van der Waals surface area (Å²) in [6.07, 6.45) is 8.50. The highest BCUT2D eigenvalue weighted by Gasteiger charge is 2.18. The van der Waals surface area contributed by atoms with Gasteiger partial charge in [-0.25, -0.2) is 0 Å². The number of benzene rings is 1. The molecule has 0 spiro atoms. The third-order valence-corrected chi connectivity index (χ3v) is 5.10. The minimum Gasteiger partial charge on any atom is -0.488 e. The zero-order valence-corrected chi connectivity index (χ0v) is 15.2. The Bertz CT molecular complexity index is 421. The lowest BCUT2D eigenvalue weighted by molar-refractivity contribution is 0.153. The summed E-state index contributed by atoms with van der Waals surface area (Å²) in [6.45, 7) is 2.12. The lowest BCUT2D eigenvalue weighted by Crippen LogP contribution is -2.22. The Morgan fingerprint density at radius 2 is 1.80 bits per heavy atom. The second-order valence-corrected chi connectivity index (χ2v) is 7.35. The Labute approximate surface area is 138 Å². The van der Waals surface area contributed by atoms with Gasteiger partial charge in [0, 0.05) is 6.04 Å². The minimum absolute atomic E-state index is 0.221. The zero-order chi connectivity index (χ0) is 14.5. The third kappa shape index (κ3) is 4.47. The van der Waals surface area contributed by atoms with E-state index in [0.717, 1.165) is 27.5 Å². The molecule has 0 heterocycles. The predicted molar refractivity (Wildman–Crippen MR) is 91.3 cm³/mol. The Hall–Kier alpha value is -0.0600. The molecule has 1 aromatic carbocycles. The quantitative estimate of drug-likeness (QED) is 0.731. The highest BCUT2D eigenvalue weighted by atomic mass is 79.9. The molecule has 1 atom stereocenters. The van der Waals surface area contributed by atoms with Gasteiger partial charge in [0.15, 0.2) is 0 Å². The lowest BCUT2D eigenvalue weighted by atomic mass is 9.98. The molecular weight excluding hydrogens is 382 g/mol. The van der Waals surface area contributed by atoms with Crippen LogP contribution in [0, 0.1) is 0 Å². The summed E-state index contributed by atoms with van der Waals surface area (Å²) in [6, 6.07) is 4.50. The van der Waals surface area contributed by atoms with E-state index in [0.29, 0.717) is 6.10 Å².